The molecule has 21 heavy (non-hydrogen) atoms. The third-order valence-electron chi connectivity index (χ3n) is 3.90. The quantitative estimate of drug-likeness (QED) is 0.830. The molecule has 2 rings (SSSR count). The predicted molar refractivity (Wildman–Crippen MR) is 83.1 cm³/mol. The first-order chi connectivity index (χ1) is 10.0. The maximum atomic E-state index is 12.5. The first-order valence-electron chi connectivity index (χ1n) is 7.76. The Labute approximate surface area is 127 Å². The van der Waals surface area contributed by atoms with Crippen LogP contribution in [0.25, 0.3) is 0 Å². The number of carbonyl (C=O) groups excluding carboxylic acids is 1. The van der Waals surface area contributed by atoms with Gasteiger partial charge in [0.1, 0.15) is 11.5 Å². The summed E-state index contributed by atoms with van der Waals surface area (Å²) in [5.41, 5.74) is 0. The summed E-state index contributed by atoms with van der Waals surface area (Å²) in [6.07, 6.45) is 2.87. The number of furan rings is 1. The minimum atomic E-state index is 0.213. The van der Waals surface area contributed by atoms with Gasteiger partial charge in [-0.1, -0.05) is 0 Å². The Morgan fingerprint density at radius 2 is 2.19 bits per heavy atom. The fraction of sp³-hybridized carbons (Fsp3) is 0.688. The summed E-state index contributed by atoms with van der Waals surface area (Å²) in [6.45, 7) is 5.13. The van der Waals surface area contributed by atoms with Crippen LogP contribution in [0, 0.1) is 6.92 Å². The highest BCUT2D eigenvalue weighted by molar-refractivity contribution is 5.76. The van der Waals surface area contributed by atoms with Crippen LogP contribution in [0.4, 0.5) is 0 Å². The van der Waals surface area contributed by atoms with Crippen molar-refractivity contribution in [2.75, 3.05) is 33.7 Å². The van der Waals surface area contributed by atoms with Crippen molar-refractivity contribution >= 4 is 5.91 Å². The second kappa shape index (κ2) is 7.61. The number of nitrogens with one attached hydrogen (secondary N) is 1. The second-order valence-corrected chi connectivity index (χ2v) is 6.13. The molecule has 0 spiro atoms. The van der Waals surface area contributed by atoms with Crippen molar-refractivity contribution in [3.8, 4) is 0 Å². The number of rotatable bonds is 7. The number of hydrogen-bond donors (Lipinski definition) is 1. The van der Waals surface area contributed by atoms with E-state index in [0.29, 0.717) is 19.0 Å². The molecule has 5 heteroatoms. The lowest BCUT2D eigenvalue weighted by Gasteiger charge is -2.25. The van der Waals surface area contributed by atoms with Gasteiger partial charge in [-0.05, 0) is 52.5 Å². The number of amides is 1. The molecule has 0 radical (unpaired) electrons. The monoisotopic (exact) mass is 293 g/mol. The summed E-state index contributed by atoms with van der Waals surface area (Å²) >= 11 is 0. The Kier molecular flexibility index (Phi) is 5.82. The molecule has 1 unspecified atom stereocenters. The van der Waals surface area contributed by atoms with Gasteiger partial charge >= 0.3 is 0 Å². The molecule has 1 fully saturated rings. The van der Waals surface area contributed by atoms with E-state index in [0.717, 1.165) is 37.6 Å². The van der Waals surface area contributed by atoms with E-state index in [4.69, 9.17) is 4.42 Å². The molecule has 1 atom stereocenters. The third-order valence-corrected chi connectivity index (χ3v) is 3.90. The lowest BCUT2D eigenvalue weighted by atomic mass is 10.1. The summed E-state index contributed by atoms with van der Waals surface area (Å²) in [7, 11) is 4.05. The fourth-order valence-electron chi connectivity index (χ4n) is 2.64. The molecule has 1 saturated heterocycles. The van der Waals surface area contributed by atoms with Crippen molar-refractivity contribution < 1.29 is 9.21 Å². The zero-order valence-electron chi connectivity index (χ0n) is 13.4. The summed E-state index contributed by atoms with van der Waals surface area (Å²) in [5.74, 6) is 1.96. The Bertz CT molecular complexity index is 450. The van der Waals surface area contributed by atoms with Crippen LogP contribution < -0.4 is 5.32 Å². The SMILES string of the molecule is Cc1ccc(CN(CCN(C)C)C(=O)CC2CCCN2)o1. The zero-order valence-corrected chi connectivity index (χ0v) is 13.4. The van der Waals surface area contributed by atoms with Gasteiger partial charge in [-0.3, -0.25) is 4.79 Å². The van der Waals surface area contributed by atoms with Crippen LogP contribution >= 0.6 is 0 Å². The summed E-state index contributed by atoms with van der Waals surface area (Å²) < 4.78 is 5.62. The van der Waals surface area contributed by atoms with Crippen LogP contribution in [0.1, 0.15) is 30.8 Å². The average Bonchev–Trinajstić information content (AvgIpc) is 3.06. The number of hydrogen-bond acceptors (Lipinski definition) is 4. The lowest BCUT2D eigenvalue weighted by molar-refractivity contribution is -0.132. The van der Waals surface area contributed by atoms with E-state index in [1.807, 2.05) is 38.1 Å². The van der Waals surface area contributed by atoms with E-state index < -0.39 is 0 Å². The molecular formula is C16H27N3O2. The summed E-state index contributed by atoms with van der Waals surface area (Å²) in [5, 5.41) is 3.39. The number of likely N-dealkylation sites (N-methyl/N-ethyl adjacent to an activating group) is 1. The summed E-state index contributed by atoms with van der Waals surface area (Å²) in [4.78, 5) is 16.6. The van der Waals surface area contributed by atoms with Gasteiger partial charge in [-0.2, -0.15) is 0 Å². The molecule has 5 nitrogen and oxygen atoms in total. The van der Waals surface area contributed by atoms with Gasteiger partial charge in [0, 0.05) is 25.6 Å². The molecule has 1 aliphatic rings. The molecule has 0 aliphatic carbocycles. The van der Waals surface area contributed by atoms with Crippen LogP contribution in [0.2, 0.25) is 0 Å². The van der Waals surface area contributed by atoms with Crippen molar-refractivity contribution in [3.05, 3.63) is 23.7 Å². The molecule has 0 aromatic carbocycles. The normalized spacial score (nSPS) is 18.4. The second-order valence-electron chi connectivity index (χ2n) is 6.13. The van der Waals surface area contributed by atoms with Gasteiger partial charge in [0.25, 0.3) is 0 Å². The molecule has 118 valence electrons. The van der Waals surface area contributed by atoms with Crippen LogP contribution in [0.15, 0.2) is 16.5 Å². The van der Waals surface area contributed by atoms with Gasteiger partial charge in [-0.15, -0.1) is 0 Å². The van der Waals surface area contributed by atoms with E-state index in [-0.39, 0.29) is 5.91 Å². The Morgan fingerprint density at radius 3 is 2.76 bits per heavy atom. The third kappa shape index (κ3) is 5.17. The summed E-state index contributed by atoms with van der Waals surface area (Å²) in [6, 6.07) is 4.25. The Hall–Kier alpha value is -1.33. The standard InChI is InChI=1S/C16H27N3O2/c1-13-6-7-15(21-13)12-19(10-9-18(2)3)16(20)11-14-5-4-8-17-14/h6-7,14,17H,4-5,8-12H2,1-3H3. The molecule has 1 N–H and O–H groups in total. The minimum Gasteiger partial charge on any atom is -0.464 e. The van der Waals surface area contributed by atoms with Crippen molar-refractivity contribution in [1.29, 1.82) is 0 Å². The van der Waals surface area contributed by atoms with Crippen LogP contribution in [-0.2, 0) is 11.3 Å². The van der Waals surface area contributed by atoms with E-state index in [9.17, 15) is 4.79 Å². The van der Waals surface area contributed by atoms with Gasteiger partial charge < -0.3 is 19.5 Å². The van der Waals surface area contributed by atoms with E-state index in [2.05, 4.69) is 10.2 Å². The Morgan fingerprint density at radius 1 is 1.38 bits per heavy atom. The molecule has 1 aromatic rings. The van der Waals surface area contributed by atoms with Gasteiger partial charge in [0.2, 0.25) is 5.91 Å². The van der Waals surface area contributed by atoms with Crippen LogP contribution in [-0.4, -0.2) is 55.5 Å². The maximum absolute atomic E-state index is 12.5. The lowest BCUT2D eigenvalue weighted by Crippen LogP contribution is -2.39. The molecule has 1 aliphatic heterocycles. The molecular weight excluding hydrogens is 266 g/mol. The molecule has 1 aromatic heterocycles. The predicted octanol–water partition coefficient (Wildman–Crippen LogP) is 1.62. The highest BCUT2D eigenvalue weighted by Gasteiger charge is 2.22. The van der Waals surface area contributed by atoms with E-state index >= 15 is 0 Å². The molecule has 2 heterocycles. The minimum absolute atomic E-state index is 0.213. The number of carbonyl (C=O) groups is 1. The number of aryl methyl sites for hydroxylation is 1. The molecule has 0 bridgehead atoms. The largest absolute Gasteiger partial charge is 0.464 e. The van der Waals surface area contributed by atoms with Gasteiger partial charge in [0.15, 0.2) is 0 Å². The van der Waals surface area contributed by atoms with Gasteiger partial charge in [0.05, 0.1) is 6.54 Å². The average molecular weight is 293 g/mol. The van der Waals surface area contributed by atoms with Crippen molar-refractivity contribution in [2.45, 2.75) is 38.8 Å². The van der Waals surface area contributed by atoms with E-state index in [1.165, 1.54) is 6.42 Å². The van der Waals surface area contributed by atoms with Crippen LogP contribution in [0.5, 0.6) is 0 Å². The topological polar surface area (TPSA) is 48.7 Å². The first kappa shape index (κ1) is 16.0. The van der Waals surface area contributed by atoms with Crippen molar-refractivity contribution in [1.82, 2.24) is 15.1 Å². The van der Waals surface area contributed by atoms with Crippen LogP contribution in [0.3, 0.4) is 0 Å². The maximum Gasteiger partial charge on any atom is 0.224 e. The molecule has 0 saturated carbocycles. The number of nitrogens with zero attached hydrogens (tertiary/aromatic N) is 2. The van der Waals surface area contributed by atoms with Crippen molar-refractivity contribution in [2.24, 2.45) is 0 Å². The van der Waals surface area contributed by atoms with Gasteiger partial charge in [-0.25, -0.2) is 0 Å². The molecule has 1 amide bonds. The zero-order chi connectivity index (χ0) is 15.2. The first-order valence-corrected chi connectivity index (χ1v) is 7.76. The smallest absolute Gasteiger partial charge is 0.224 e. The van der Waals surface area contributed by atoms with Crippen molar-refractivity contribution in [3.63, 3.8) is 0 Å². The highest BCUT2D eigenvalue weighted by Crippen LogP contribution is 2.14. The van der Waals surface area contributed by atoms with E-state index in [1.54, 1.807) is 0 Å². The fourth-order valence-corrected chi connectivity index (χ4v) is 2.64. The highest BCUT2D eigenvalue weighted by atomic mass is 16.3. The Balaban J connectivity index is 1.94.